The van der Waals surface area contributed by atoms with Crippen LogP contribution >= 0.6 is 11.6 Å². The maximum absolute atomic E-state index is 6.26. The Morgan fingerprint density at radius 3 is 2.62 bits per heavy atom. The van der Waals surface area contributed by atoms with E-state index in [-0.39, 0.29) is 0 Å². The Labute approximate surface area is 132 Å². The summed E-state index contributed by atoms with van der Waals surface area (Å²) in [5.41, 5.74) is 0.997. The van der Waals surface area contributed by atoms with Crippen molar-refractivity contribution < 1.29 is 14.2 Å². The third-order valence-electron chi connectivity index (χ3n) is 2.85. The lowest BCUT2D eigenvalue weighted by Gasteiger charge is -2.14. The number of rotatable bonds is 11. The van der Waals surface area contributed by atoms with Gasteiger partial charge in [-0.25, -0.2) is 0 Å². The molecular formula is C16H26ClNO3. The van der Waals surface area contributed by atoms with Gasteiger partial charge in [-0.05, 0) is 24.6 Å². The van der Waals surface area contributed by atoms with Gasteiger partial charge in [0.2, 0.25) is 0 Å². The Bertz CT molecular complexity index is 399. The largest absolute Gasteiger partial charge is 0.491 e. The van der Waals surface area contributed by atoms with Crippen LogP contribution in [0.4, 0.5) is 0 Å². The molecule has 0 aromatic heterocycles. The number of ether oxygens (including phenoxy) is 3. The lowest BCUT2D eigenvalue weighted by Crippen LogP contribution is -2.20. The molecule has 0 fully saturated rings. The van der Waals surface area contributed by atoms with Gasteiger partial charge in [0.05, 0.1) is 19.8 Å². The summed E-state index contributed by atoms with van der Waals surface area (Å²) in [7, 11) is 1.66. The molecule has 1 N–H and O–H groups in total. The molecule has 1 aromatic rings. The van der Waals surface area contributed by atoms with Crippen LogP contribution in [0.1, 0.15) is 19.4 Å². The van der Waals surface area contributed by atoms with Gasteiger partial charge in [0.15, 0.2) is 0 Å². The Kier molecular flexibility index (Phi) is 9.42. The van der Waals surface area contributed by atoms with E-state index in [1.165, 1.54) is 0 Å². The lowest BCUT2D eigenvalue weighted by atomic mass is 10.1. The lowest BCUT2D eigenvalue weighted by molar-refractivity contribution is 0.0542. The summed E-state index contributed by atoms with van der Waals surface area (Å²) in [5.74, 6) is 1.42. The molecule has 0 aliphatic carbocycles. The highest BCUT2D eigenvalue weighted by Crippen LogP contribution is 2.26. The van der Waals surface area contributed by atoms with E-state index in [1.54, 1.807) is 7.11 Å². The maximum Gasteiger partial charge on any atom is 0.125 e. The third-order valence-corrected chi connectivity index (χ3v) is 3.20. The predicted octanol–water partition coefficient (Wildman–Crippen LogP) is 3.13. The van der Waals surface area contributed by atoms with E-state index in [1.807, 2.05) is 18.2 Å². The van der Waals surface area contributed by atoms with Crippen molar-refractivity contribution in [1.82, 2.24) is 5.32 Å². The standard InChI is InChI=1S/C16H26ClNO3/c1-13(2)11-18-12-14-15(17)5-4-6-16(14)21-10-9-20-8-7-19-3/h4-6,13,18H,7-12H2,1-3H3. The van der Waals surface area contributed by atoms with Gasteiger partial charge in [-0.2, -0.15) is 0 Å². The Morgan fingerprint density at radius 2 is 1.90 bits per heavy atom. The van der Waals surface area contributed by atoms with Gasteiger partial charge in [0.1, 0.15) is 12.4 Å². The summed E-state index contributed by atoms with van der Waals surface area (Å²) in [4.78, 5) is 0. The van der Waals surface area contributed by atoms with E-state index >= 15 is 0 Å². The highest BCUT2D eigenvalue weighted by molar-refractivity contribution is 6.31. The summed E-state index contributed by atoms with van der Waals surface area (Å²) in [6.45, 7) is 8.22. The molecule has 21 heavy (non-hydrogen) atoms. The minimum absolute atomic E-state index is 0.501. The van der Waals surface area contributed by atoms with Crippen LogP contribution < -0.4 is 10.1 Å². The van der Waals surface area contributed by atoms with Crippen LogP contribution in [0.5, 0.6) is 5.75 Å². The zero-order valence-electron chi connectivity index (χ0n) is 13.2. The van der Waals surface area contributed by atoms with Crippen molar-refractivity contribution >= 4 is 11.6 Å². The summed E-state index contributed by atoms with van der Waals surface area (Å²) in [6.07, 6.45) is 0. The smallest absolute Gasteiger partial charge is 0.125 e. The van der Waals surface area contributed by atoms with Crippen LogP contribution in [0.25, 0.3) is 0 Å². The summed E-state index contributed by atoms with van der Waals surface area (Å²) >= 11 is 6.26. The second-order valence-electron chi connectivity index (χ2n) is 5.19. The first-order chi connectivity index (χ1) is 10.1. The van der Waals surface area contributed by atoms with E-state index in [2.05, 4.69) is 19.2 Å². The zero-order valence-corrected chi connectivity index (χ0v) is 13.9. The molecule has 120 valence electrons. The molecule has 0 amide bonds. The van der Waals surface area contributed by atoms with Crippen molar-refractivity contribution in [3.8, 4) is 5.75 Å². The molecule has 0 heterocycles. The van der Waals surface area contributed by atoms with Gasteiger partial charge in [0.25, 0.3) is 0 Å². The normalized spacial score (nSPS) is 11.1. The molecule has 0 bridgehead atoms. The molecule has 0 saturated heterocycles. The summed E-state index contributed by atoms with van der Waals surface area (Å²) in [5, 5.41) is 4.11. The number of halogens is 1. The van der Waals surface area contributed by atoms with E-state index in [0.717, 1.165) is 22.9 Å². The molecule has 5 heteroatoms. The van der Waals surface area contributed by atoms with Crippen molar-refractivity contribution in [2.75, 3.05) is 40.1 Å². The molecule has 0 radical (unpaired) electrons. The fourth-order valence-corrected chi connectivity index (χ4v) is 2.02. The molecule has 0 aliphatic heterocycles. The van der Waals surface area contributed by atoms with Crippen molar-refractivity contribution in [3.05, 3.63) is 28.8 Å². The molecule has 0 spiro atoms. The molecule has 4 nitrogen and oxygen atoms in total. The summed E-state index contributed by atoms with van der Waals surface area (Å²) in [6, 6.07) is 5.72. The van der Waals surface area contributed by atoms with Crippen molar-refractivity contribution in [2.24, 2.45) is 5.92 Å². The van der Waals surface area contributed by atoms with E-state index in [4.69, 9.17) is 25.8 Å². The molecule has 0 atom stereocenters. The van der Waals surface area contributed by atoms with Crippen molar-refractivity contribution in [1.29, 1.82) is 0 Å². The summed E-state index contributed by atoms with van der Waals surface area (Å²) < 4.78 is 16.1. The van der Waals surface area contributed by atoms with Crippen molar-refractivity contribution in [3.63, 3.8) is 0 Å². The van der Waals surface area contributed by atoms with Crippen LogP contribution in [-0.2, 0) is 16.0 Å². The Balaban J connectivity index is 2.43. The average molecular weight is 316 g/mol. The fraction of sp³-hybridized carbons (Fsp3) is 0.625. The van der Waals surface area contributed by atoms with Crippen LogP contribution in [0.2, 0.25) is 5.02 Å². The number of methoxy groups -OCH3 is 1. The van der Waals surface area contributed by atoms with E-state index in [9.17, 15) is 0 Å². The Hall–Kier alpha value is -0.810. The van der Waals surface area contributed by atoms with E-state index in [0.29, 0.717) is 38.9 Å². The second kappa shape index (κ2) is 10.9. The monoisotopic (exact) mass is 315 g/mol. The quantitative estimate of drug-likeness (QED) is 0.637. The molecule has 1 aromatic carbocycles. The molecule has 0 unspecified atom stereocenters. The van der Waals surface area contributed by atoms with Gasteiger partial charge in [0, 0.05) is 24.2 Å². The number of hydrogen-bond donors (Lipinski definition) is 1. The van der Waals surface area contributed by atoms with Gasteiger partial charge in [-0.1, -0.05) is 31.5 Å². The highest BCUT2D eigenvalue weighted by atomic mass is 35.5. The van der Waals surface area contributed by atoms with Crippen molar-refractivity contribution in [2.45, 2.75) is 20.4 Å². The van der Waals surface area contributed by atoms with Gasteiger partial charge in [-0.3, -0.25) is 0 Å². The van der Waals surface area contributed by atoms with Crippen LogP contribution in [0, 0.1) is 5.92 Å². The zero-order chi connectivity index (χ0) is 15.5. The molecule has 1 rings (SSSR count). The molecular weight excluding hydrogens is 290 g/mol. The number of hydrogen-bond acceptors (Lipinski definition) is 4. The molecule has 0 aliphatic rings. The maximum atomic E-state index is 6.26. The Morgan fingerprint density at radius 1 is 1.14 bits per heavy atom. The number of benzene rings is 1. The highest BCUT2D eigenvalue weighted by Gasteiger charge is 2.08. The first-order valence-electron chi connectivity index (χ1n) is 7.32. The topological polar surface area (TPSA) is 39.7 Å². The van der Waals surface area contributed by atoms with Gasteiger partial charge >= 0.3 is 0 Å². The van der Waals surface area contributed by atoms with E-state index < -0.39 is 0 Å². The average Bonchev–Trinajstić information content (AvgIpc) is 2.45. The first-order valence-corrected chi connectivity index (χ1v) is 7.70. The van der Waals surface area contributed by atoms with Crippen LogP contribution in [-0.4, -0.2) is 40.1 Å². The number of nitrogens with one attached hydrogen (secondary N) is 1. The SMILES string of the molecule is COCCOCCOc1cccc(Cl)c1CNCC(C)C. The van der Waals surface area contributed by atoms with Gasteiger partial charge < -0.3 is 19.5 Å². The van der Waals surface area contributed by atoms with Gasteiger partial charge in [-0.15, -0.1) is 0 Å². The van der Waals surface area contributed by atoms with Crippen LogP contribution in [0.15, 0.2) is 18.2 Å². The van der Waals surface area contributed by atoms with Crippen LogP contribution in [0.3, 0.4) is 0 Å². The molecule has 0 saturated carbocycles. The third kappa shape index (κ3) is 7.67. The fourth-order valence-electron chi connectivity index (χ4n) is 1.79. The predicted molar refractivity (Wildman–Crippen MR) is 86.2 cm³/mol. The second-order valence-corrected chi connectivity index (χ2v) is 5.60. The first kappa shape index (κ1) is 18.2. The minimum Gasteiger partial charge on any atom is -0.491 e. The minimum atomic E-state index is 0.501.